The number of benzene rings is 2. The van der Waals surface area contributed by atoms with E-state index in [1.54, 1.807) is 47.6 Å². The first-order chi connectivity index (χ1) is 13.6. The summed E-state index contributed by atoms with van der Waals surface area (Å²) in [6, 6.07) is 14.3. The maximum absolute atomic E-state index is 12.5. The van der Waals surface area contributed by atoms with Crippen LogP contribution in [0.4, 0.5) is 0 Å². The van der Waals surface area contributed by atoms with Crippen LogP contribution in [-0.4, -0.2) is 26.2 Å². The maximum Gasteiger partial charge on any atom is 0.381 e. The Labute approximate surface area is 182 Å². The molecule has 0 atom stereocenters. The Hall–Kier alpha value is -2.80. The van der Waals surface area contributed by atoms with Gasteiger partial charge in [0.05, 0.1) is 17.9 Å². The average molecular weight is 450 g/mol. The lowest BCUT2D eigenvalue weighted by Crippen LogP contribution is -2.13. The first-order valence-corrected chi connectivity index (χ1v) is 9.13. The molecule has 0 bridgehead atoms. The van der Waals surface area contributed by atoms with Crippen molar-refractivity contribution in [2.45, 2.75) is 6.54 Å². The highest BCUT2D eigenvalue weighted by atomic mass is 35.5. The molecule has 2 aromatic carbocycles. The molecule has 148 valence electrons. The molecule has 0 aliphatic carbocycles. The van der Waals surface area contributed by atoms with Crippen molar-refractivity contribution in [3.63, 3.8) is 0 Å². The Bertz CT molecular complexity index is 1140. The van der Waals surface area contributed by atoms with Crippen molar-refractivity contribution in [2.75, 3.05) is 0 Å². The van der Waals surface area contributed by atoms with E-state index in [9.17, 15) is 4.79 Å². The second-order valence-corrected chi connectivity index (χ2v) is 6.89. The zero-order valence-electron chi connectivity index (χ0n) is 14.9. The Kier molecular flexibility index (Phi) is 6.59. The molecule has 0 saturated carbocycles. The van der Waals surface area contributed by atoms with E-state index in [0.29, 0.717) is 33.6 Å². The predicted molar refractivity (Wildman–Crippen MR) is 116 cm³/mol. The van der Waals surface area contributed by atoms with Crippen LogP contribution in [0.2, 0.25) is 10.0 Å². The summed E-state index contributed by atoms with van der Waals surface area (Å²) in [5.74, 6) is -0.593. The molecule has 0 aliphatic heterocycles. The van der Waals surface area contributed by atoms with E-state index in [0.717, 1.165) is 10.9 Å². The highest BCUT2D eigenvalue weighted by Crippen LogP contribution is 2.23. The van der Waals surface area contributed by atoms with Crippen LogP contribution >= 0.6 is 35.6 Å². The fourth-order valence-corrected chi connectivity index (χ4v) is 3.29. The number of carbonyl (C=O) groups excluding carboxylic acids is 1. The first-order valence-electron chi connectivity index (χ1n) is 8.37. The summed E-state index contributed by atoms with van der Waals surface area (Å²) in [7, 11) is 0. The van der Waals surface area contributed by atoms with Gasteiger partial charge in [0.15, 0.2) is 0 Å². The van der Waals surface area contributed by atoms with Gasteiger partial charge in [0, 0.05) is 33.9 Å². The quantitative estimate of drug-likeness (QED) is 0.253. The number of nitrogens with zero attached hydrogens (tertiary/aromatic N) is 3. The minimum atomic E-state index is -0.593. The summed E-state index contributed by atoms with van der Waals surface area (Å²) in [5.41, 5.74) is 2.24. The van der Waals surface area contributed by atoms with Crippen molar-refractivity contribution >= 4 is 58.2 Å². The van der Waals surface area contributed by atoms with Gasteiger partial charge in [0.2, 0.25) is 0 Å². The number of hydrogen-bond acceptors (Lipinski definition) is 4. The number of nitrogens with one attached hydrogen (secondary N) is 1. The Morgan fingerprint density at radius 1 is 1.17 bits per heavy atom. The molecule has 29 heavy (non-hydrogen) atoms. The van der Waals surface area contributed by atoms with Crippen molar-refractivity contribution < 1.29 is 9.63 Å². The average Bonchev–Trinajstić information content (AvgIpc) is 3.34. The number of H-pyrrole nitrogens is 1. The third-order valence-corrected chi connectivity index (χ3v) is 4.67. The summed E-state index contributed by atoms with van der Waals surface area (Å²) in [6.07, 6.45) is 5.06. The summed E-state index contributed by atoms with van der Waals surface area (Å²) < 4.78 is 1.79. The van der Waals surface area contributed by atoms with Crippen LogP contribution in [0.15, 0.2) is 72.4 Å². The number of halogens is 3. The number of carbonyl (C=O) groups is 1. The molecule has 0 amide bonds. The van der Waals surface area contributed by atoms with E-state index in [2.05, 4.69) is 15.1 Å². The molecule has 4 rings (SSSR count). The maximum atomic E-state index is 12.5. The molecule has 0 radical (unpaired) electrons. The van der Waals surface area contributed by atoms with Crippen LogP contribution in [-0.2, 0) is 11.4 Å². The highest BCUT2D eigenvalue weighted by molar-refractivity contribution is 6.37. The number of aromatic amines is 1. The van der Waals surface area contributed by atoms with Gasteiger partial charge in [-0.15, -0.1) is 12.4 Å². The number of para-hydroxylation sites is 1. The van der Waals surface area contributed by atoms with Crippen LogP contribution in [0, 0.1) is 0 Å². The molecule has 1 N–H and O–H groups in total. The number of hydrogen-bond donors (Lipinski definition) is 1. The fraction of sp³-hybridized carbons (Fsp3) is 0.0500. The molecule has 6 nitrogen and oxygen atoms in total. The topological polar surface area (TPSA) is 72.3 Å². The standard InChI is InChI=1S/C20H14Cl2N4O2.ClH/c21-14-5-6-15(16(22)10-14)19(11-26-8-7-23-12-26)25-28-20(27)18-9-13-3-1-2-4-17(13)24-18;/h1-10,12,24H,11H2;1H/b25-19+;. The lowest BCUT2D eigenvalue weighted by Gasteiger charge is -2.09. The zero-order chi connectivity index (χ0) is 19.5. The van der Waals surface area contributed by atoms with Gasteiger partial charge in [0.1, 0.15) is 11.4 Å². The smallest absolute Gasteiger partial charge is 0.349 e. The molecule has 2 aromatic heterocycles. The molecule has 9 heteroatoms. The molecule has 0 saturated heterocycles. The third kappa shape index (κ3) is 4.79. The number of imidazole rings is 1. The number of fused-ring (bicyclic) bond motifs is 1. The van der Waals surface area contributed by atoms with Gasteiger partial charge < -0.3 is 14.4 Å². The molecule has 4 aromatic rings. The van der Waals surface area contributed by atoms with E-state index in [1.807, 2.05) is 24.3 Å². The SMILES string of the molecule is Cl.O=C(O/N=C(\Cn1ccnc1)c1ccc(Cl)cc1Cl)c1cc2ccccc2[nH]1. The third-order valence-electron chi connectivity index (χ3n) is 4.12. The van der Waals surface area contributed by atoms with E-state index in [1.165, 1.54) is 0 Å². The van der Waals surface area contributed by atoms with Crippen LogP contribution < -0.4 is 0 Å². The molecule has 0 spiro atoms. The largest absolute Gasteiger partial charge is 0.381 e. The molecule has 0 aliphatic rings. The van der Waals surface area contributed by atoms with Crippen molar-refractivity contribution in [1.82, 2.24) is 14.5 Å². The van der Waals surface area contributed by atoms with Gasteiger partial charge in [-0.05, 0) is 30.3 Å². The van der Waals surface area contributed by atoms with E-state index in [-0.39, 0.29) is 12.4 Å². The molecule has 0 unspecified atom stereocenters. The normalized spacial score (nSPS) is 11.3. The minimum absolute atomic E-state index is 0. The van der Waals surface area contributed by atoms with E-state index < -0.39 is 5.97 Å². The Morgan fingerprint density at radius 2 is 2.00 bits per heavy atom. The van der Waals surface area contributed by atoms with Crippen molar-refractivity contribution in [3.8, 4) is 0 Å². The fourth-order valence-electron chi connectivity index (χ4n) is 2.77. The van der Waals surface area contributed by atoms with Crippen LogP contribution in [0.5, 0.6) is 0 Å². The molecular weight excluding hydrogens is 435 g/mol. The van der Waals surface area contributed by atoms with Gasteiger partial charge >= 0.3 is 5.97 Å². The van der Waals surface area contributed by atoms with Gasteiger partial charge in [-0.2, -0.15) is 0 Å². The lowest BCUT2D eigenvalue weighted by molar-refractivity contribution is 0.0509. The van der Waals surface area contributed by atoms with Crippen molar-refractivity contribution in [2.24, 2.45) is 5.16 Å². The van der Waals surface area contributed by atoms with Crippen molar-refractivity contribution in [3.05, 3.63) is 88.6 Å². The van der Waals surface area contributed by atoms with Gasteiger partial charge in [-0.1, -0.05) is 46.6 Å². The van der Waals surface area contributed by atoms with Crippen LogP contribution in [0.25, 0.3) is 10.9 Å². The second kappa shape index (κ2) is 9.13. The summed E-state index contributed by atoms with van der Waals surface area (Å²) in [5, 5.41) is 5.91. The van der Waals surface area contributed by atoms with Crippen molar-refractivity contribution in [1.29, 1.82) is 0 Å². The summed E-state index contributed by atoms with van der Waals surface area (Å²) in [6.45, 7) is 0.321. The van der Waals surface area contributed by atoms with E-state index in [4.69, 9.17) is 28.0 Å². The Morgan fingerprint density at radius 3 is 2.72 bits per heavy atom. The van der Waals surface area contributed by atoms with Crippen LogP contribution in [0.1, 0.15) is 16.1 Å². The number of oxime groups is 1. The monoisotopic (exact) mass is 448 g/mol. The van der Waals surface area contributed by atoms with Crippen LogP contribution in [0.3, 0.4) is 0 Å². The lowest BCUT2D eigenvalue weighted by atomic mass is 10.1. The van der Waals surface area contributed by atoms with Gasteiger partial charge in [0.25, 0.3) is 0 Å². The summed E-state index contributed by atoms with van der Waals surface area (Å²) >= 11 is 12.3. The molecule has 0 fully saturated rings. The summed E-state index contributed by atoms with van der Waals surface area (Å²) in [4.78, 5) is 24.7. The van der Waals surface area contributed by atoms with Gasteiger partial charge in [-0.25, -0.2) is 9.78 Å². The van der Waals surface area contributed by atoms with E-state index >= 15 is 0 Å². The number of rotatable bonds is 5. The number of aromatic nitrogens is 3. The minimum Gasteiger partial charge on any atom is -0.349 e. The zero-order valence-corrected chi connectivity index (χ0v) is 17.2. The first kappa shape index (κ1) is 20.9. The van der Waals surface area contributed by atoms with Gasteiger partial charge in [-0.3, -0.25) is 0 Å². The Balaban J connectivity index is 0.00000240. The molecular formula is C20H15Cl3N4O2. The second-order valence-electron chi connectivity index (χ2n) is 6.05. The predicted octanol–water partition coefficient (Wildman–Crippen LogP) is 5.35. The highest BCUT2D eigenvalue weighted by Gasteiger charge is 2.15. The molecule has 2 heterocycles.